The summed E-state index contributed by atoms with van der Waals surface area (Å²) >= 11 is 3.02. The number of hydrogen-bond donors (Lipinski definition) is 2. The summed E-state index contributed by atoms with van der Waals surface area (Å²) in [5.41, 5.74) is -0.00463. The molecule has 3 rings (SSSR count). The average molecular weight is 412 g/mol. The van der Waals surface area contributed by atoms with Gasteiger partial charge in [0.15, 0.2) is 5.82 Å². The molecule has 1 aromatic heterocycles. The van der Waals surface area contributed by atoms with Gasteiger partial charge in [0.2, 0.25) is 0 Å². The first-order chi connectivity index (χ1) is 11.9. The summed E-state index contributed by atoms with van der Waals surface area (Å²) < 4.78 is 27.1. The van der Waals surface area contributed by atoms with Crippen LogP contribution in [0.25, 0.3) is 0 Å². The summed E-state index contributed by atoms with van der Waals surface area (Å²) in [4.78, 5) is 29.9. The smallest absolute Gasteiger partial charge is 0.287 e. The number of carbonyl (C=O) groups excluding carboxylic acids is 1. The Labute approximate surface area is 151 Å². The van der Waals surface area contributed by atoms with Gasteiger partial charge in [0.25, 0.3) is 11.5 Å². The number of hydrogen-bond acceptors (Lipinski definition) is 3. The molecule has 1 unspecified atom stereocenters. The standard InChI is InChI=1S/C17H16BrF2N3O2/c18-13-8-21-15(23-16(13)24)17(25)22-7-11(9-1-2-9)5-10-3-4-12(19)6-14(10)20/h3-4,6,8-9,11H,1-2,5,7H2,(H,22,25)(H,21,23,24). The topological polar surface area (TPSA) is 74.8 Å². The minimum Gasteiger partial charge on any atom is -0.349 e. The Morgan fingerprint density at radius 2 is 2.16 bits per heavy atom. The first-order valence-electron chi connectivity index (χ1n) is 7.91. The van der Waals surface area contributed by atoms with Crippen LogP contribution in [0.1, 0.15) is 29.0 Å². The molecule has 0 aliphatic heterocycles. The molecule has 1 saturated carbocycles. The van der Waals surface area contributed by atoms with Gasteiger partial charge >= 0.3 is 0 Å². The summed E-state index contributed by atoms with van der Waals surface area (Å²) in [6.07, 6.45) is 3.73. The summed E-state index contributed by atoms with van der Waals surface area (Å²) in [7, 11) is 0. The van der Waals surface area contributed by atoms with Gasteiger partial charge in [-0.2, -0.15) is 0 Å². The van der Waals surface area contributed by atoms with Crippen LogP contribution in [0.4, 0.5) is 8.78 Å². The van der Waals surface area contributed by atoms with Gasteiger partial charge in [-0.1, -0.05) is 6.07 Å². The Morgan fingerprint density at radius 3 is 2.80 bits per heavy atom. The first kappa shape index (κ1) is 17.7. The maximum Gasteiger partial charge on any atom is 0.287 e. The van der Waals surface area contributed by atoms with Crippen molar-refractivity contribution in [1.29, 1.82) is 0 Å². The third-order valence-corrected chi connectivity index (χ3v) is 4.85. The molecule has 1 aliphatic carbocycles. The van der Waals surface area contributed by atoms with E-state index in [9.17, 15) is 18.4 Å². The van der Waals surface area contributed by atoms with Gasteiger partial charge in [-0.25, -0.2) is 13.8 Å². The molecule has 0 bridgehead atoms. The molecule has 132 valence electrons. The largest absolute Gasteiger partial charge is 0.349 e. The highest BCUT2D eigenvalue weighted by Gasteiger charge is 2.32. The van der Waals surface area contributed by atoms with Gasteiger partial charge in [0, 0.05) is 18.8 Å². The lowest BCUT2D eigenvalue weighted by molar-refractivity contribution is 0.0934. The van der Waals surface area contributed by atoms with Crippen LogP contribution >= 0.6 is 15.9 Å². The maximum atomic E-state index is 13.9. The summed E-state index contributed by atoms with van der Waals surface area (Å²) in [6.45, 7) is 0.333. The van der Waals surface area contributed by atoms with E-state index in [-0.39, 0.29) is 16.2 Å². The van der Waals surface area contributed by atoms with E-state index in [1.54, 1.807) is 0 Å². The lowest BCUT2D eigenvalue weighted by atomic mass is 9.94. The van der Waals surface area contributed by atoms with E-state index in [1.807, 2.05) is 0 Å². The molecule has 2 N–H and O–H groups in total. The Hall–Kier alpha value is -2.09. The normalized spacial score (nSPS) is 15.0. The minimum absolute atomic E-state index is 0.0473. The van der Waals surface area contributed by atoms with Crippen LogP contribution in [-0.2, 0) is 6.42 Å². The van der Waals surface area contributed by atoms with Gasteiger partial charge in [-0.3, -0.25) is 9.59 Å². The van der Waals surface area contributed by atoms with Crippen molar-refractivity contribution in [2.45, 2.75) is 19.3 Å². The number of halogens is 3. The molecule has 8 heteroatoms. The van der Waals surface area contributed by atoms with Gasteiger partial charge < -0.3 is 10.3 Å². The third kappa shape index (κ3) is 4.50. The van der Waals surface area contributed by atoms with Crippen LogP contribution in [-0.4, -0.2) is 22.4 Å². The quantitative estimate of drug-likeness (QED) is 0.767. The molecule has 1 fully saturated rings. The average Bonchev–Trinajstić information content (AvgIpc) is 3.40. The fourth-order valence-electron chi connectivity index (χ4n) is 2.75. The van der Waals surface area contributed by atoms with Crippen molar-refractivity contribution >= 4 is 21.8 Å². The molecule has 5 nitrogen and oxygen atoms in total. The van der Waals surface area contributed by atoms with Gasteiger partial charge in [-0.15, -0.1) is 0 Å². The lowest BCUT2D eigenvalue weighted by Gasteiger charge is -2.17. The van der Waals surface area contributed by atoms with E-state index in [4.69, 9.17) is 0 Å². The van der Waals surface area contributed by atoms with Crippen molar-refractivity contribution in [3.05, 3.63) is 62.2 Å². The second-order valence-corrected chi connectivity index (χ2v) is 7.01. The van der Waals surface area contributed by atoms with Crippen molar-refractivity contribution < 1.29 is 13.6 Å². The molecular formula is C17H16BrF2N3O2. The predicted octanol–water partition coefficient (Wildman–Crippen LogP) is 2.81. The molecule has 1 aromatic carbocycles. The number of nitrogens with zero attached hydrogens (tertiary/aromatic N) is 1. The number of nitrogens with one attached hydrogen (secondary N) is 2. The highest BCUT2D eigenvalue weighted by molar-refractivity contribution is 9.10. The Balaban J connectivity index is 1.65. The summed E-state index contributed by atoms with van der Waals surface area (Å²) in [5.74, 6) is -1.29. The first-order valence-corrected chi connectivity index (χ1v) is 8.70. The number of aromatic nitrogens is 2. The molecule has 0 saturated heterocycles. The second-order valence-electron chi connectivity index (χ2n) is 6.16. The second kappa shape index (κ2) is 7.43. The van der Waals surface area contributed by atoms with Crippen LogP contribution in [0.5, 0.6) is 0 Å². The monoisotopic (exact) mass is 411 g/mol. The third-order valence-electron chi connectivity index (χ3n) is 4.28. The number of benzene rings is 1. The zero-order valence-corrected chi connectivity index (χ0v) is 14.8. The Morgan fingerprint density at radius 1 is 1.40 bits per heavy atom. The van der Waals surface area contributed by atoms with E-state index in [0.717, 1.165) is 18.9 Å². The highest BCUT2D eigenvalue weighted by atomic mass is 79.9. The van der Waals surface area contributed by atoms with Crippen molar-refractivity contribution in [2.75, 3.05) is 6.54 Å². The maximum absolute atomic E-state index is 13.9. The summed E-state index contributed by atoms with van der Waals surface area (Å²) in [5, 5.41) is 2.73. The predicted molar refractivity (Wildman–Crippen MR) is 91.2 cm³/mol. The molecular weight excluding hydrogens is 396 g/mol. The van der Waals surface area contributed by atoms with Crippen molar-refractivity contribution in [2.24, 2.45) is 11.8 Å². The minimum atomic E-state index is -0.609. The molecule has 1 amide bonds. The van der Waals surface area contributed by atoms with E-state index < -0.39 is 23.1 Å². The molecule has 0 spiro atoms. The van der Waals surface area contributed by atoms with Crippen LogP contribution in [0.3, 0.4) is 0 Å². The van der Waals surface area contributed by atoms with Gasteiger partial charge in [0.1, 0.15) is 16.1 Å². The van der Waals surface area contributed by atoms with Crippen LogP contribution in [0, 0.1) is 23.5 Å². The van der Waals surface area contributed by atoms with E-state index in [2.05, 4.69) is 31.2 Å². The van der Waals surface area contributed by atoms with Gasteiger partial charge in [0.05, 0.1) is 0 Å². The molecule has 1 atom stereocenters. The number of rotatable bonds is 6. The Kier molecular flexibility index (Phi) is 5.27. The van der Waals surface area contributed by atoms with Crippen LogP contribution < -0.4 is 10.9 Å². The zero-order valence-electron chi connectivity index (χ0n) is 13.2. The van der Waals surface area contributed by atoms with Crippen LogP contribution in [0.15, 0.2) is 33.7 Å². The molecule has 25 heavy (non-hydrogen) atoms. The van der Waals surface area contributed by atoms with Crippen molar-refractivity contribution in [3.8, 4) is 0 Å². The number of aromatic amines is 1. The van der Waals surface area contributed by atoms with E-state index >= 15 is 0 Å². The molecule has 0 radical (unpaired) electrons. The van der Waals surface area contributed by atoms with Crippen molar-refractivity contribution in [3.63, 3.8) is 0 Å². The zero-order chi connectivity index (χ0) is 18.0. The fraction of sp³-hybridized carbons (Fsp3) is 0.353. The Bertz CT molecular complexity index is 852. The lowest BCUT2D eigenvalue weighted by Crippen LogP contribution is -2.33. The molecule has 1 heterocycles. The highest BCUT2D eigenvalue weighted by Crippen LogP contribution is 2.38. The SMILES string of the molecule is O=C(NCC(Cc1ccc(F)cc1F)C1CC1)c1ncc(Br)c(=O)[nH]1. The number of H-pyrrole nitrogens is 1. The van der Waals surface area contributed by atoms with Crippen LogP contribution in [0.2, 0.25) is 0 Å². The van der Waals surface area contributed by atoms with E-state index in [0.29, 0.717) is 24.4 Å². The number of amides is 1. The molecule has 1 aliphatic rings. The van der Waals surface area contributed by atoms with E-state index in [1.165, 1.54) is 18.3 Å². The van der Waals surface area contributed by atoms with Crippen molar-refractivity contribution in [1.82, 2.24) is 15.3 Å². The molecule has 2 aromatic rings. The fourth-order valence-corrected chi connectivity index (χ4v) is 2.95. The van der Waals surface area contributed by atoms with Gasteiger partial charge in [-0.05, 0) is 58.7 Å². The summed E-state index contributed by atoms with van der Waals surface area (Å²) in [6, 6.07) is 3.54. The number of carbonyl (C=O) groups is 1.